The molecule has 3 rings (SSSR count). The van der Waals surface area contributed by atoms with Crippen molar-refractivity contribution in [1.82, 2.24) is 4.98 Å². The Balaban J connectivity index is 1.92. The average molecular weight is 245 g/mol. The van der Waals surface area contributed by atoms with Crippen LogP contribution in [0.5, 0.6) is 0 Å². The molecule has 0 saturated carbocycles. The van der Waals surface area contributed by atoms with Gasteiger partial charge in [0.15, 0.2) is 0 Å². The fourth-order valence-corrected chi connectivity index (χ4v) is 3.60. The Bertz CT molecular complexity index is 501. The molecule has 0 radical (unpaired) electrons. The molecule has 0 amide bonds. The first-order valence-corrected chi connectivity index (χ1v) is 6.95. The van der Waals surface area contributed by atoms with E-state index >= 15 is 0 Å². The summed E-state index contributed by atoms with van der Waals surface area (Å²) in [5.41, 5.74) is 2.17. The van der Waals surface area contributed by atoms with E-state index in [1.165, 1.54) is 29.7 Å². The van der Waals surface area contributed by atoms with E-state index in [9.17, 15) is 4.79 Å². The third-order valence-corrected chi connectivity index (χ3v) is 4.57. The van der Waals surface area contributed by atoms with E-state index in [0.717, 1.165) is 23.3 Å². The lowest BCUT2D eigenvalue weighted by Crippen LogP contribution is -1.95. The van der Waals surface area contributed by atoms with Gasteiger partial charge in [-0.1, -0.05) is 6.42 Å². The topological polar surface area (TPSA) is 32.9 Å². The number of ketones is 1. The van der Waals surface area contributed by atoms with Crippen LogP contribution < -0.4 is 0 Å². The highest BCUT2D eigenvalue weighted by Gasteiger charge is 2.17. The van der Waals surface area contributed by atoms with Crippen molar-refractivity contribution in [1.29, 1.82) is 0 Å². The molecule has 0 aromatic carbocycles. The van der Waals surface area contributed by atoms with Crippen LogP contribution in [0.25, 0.3) is 0 Å². The number of nitrogens with one attached hydrogen (secondary N) is 1. The van der Waals surface area contributed by atoms with Crippen molar-refractivity contribution in [2.75, 3.05) is 0 Å². The number of carbonyl (C=O) groups excluding carboxylic acids is 1. The highest BCUT2D eigenvalue weighted by molar-refractivity contribution is 7.14. The lowest BCUT2D eigenvalue weighted by molar-refractivity contribution is 0.104. The zero-order valence-electron chi connectivity index (χ0n) is 9.66. The van der Waals surface area contributed by atoms with Crippen molar-refractivity contribution in [3.05, 3.63) is 45.4 Å². The van der Waals surface area contributed by atoms with Gasteiger partial charge in [0, 0.05) is 22.8 Å². The summed E-state index contributed by atoms with van der Waals surface area (Å²) in [6, 6.07) is 3.95. The van der Waals surface area contributed by atoms with Crippen molar-refractivity contribution in [2.24, 2.45) is 0 Å². The molecule has 0 spiro atoms. The predicted octanol–water partition coefficient (Wildman–Crippen LogP) is 3.58. The lowest BCUT2D eigenvalue weighted by Gasteiger charge is -1.93. The minimum Gasteiger partial charge on any atom is -0.367 e. The second kappa shape index (κ2) is 4.49. The van der Waals surface area contributed by atoms with Crippen LogP contribution >= 0.6 is 11.3 Å². The molecule has 0 aliphatic heterocycles. The monoisotopic (exact) mass is 245 g/mol. The molecule has 2 nitrogen and oxygen atoms in total. The lowest BCUT2D eigenvalue weighted by atomic mass is 10.1. The zero-order chi connectivity index (χ0) is 11.7. The summed E-state index contributed by atoms with van der Waals surface area (Å²) in [5.74, 6) is 0.157. The van der Waals surface area contributed by atoms with Gasteiger partial charge in [0.05, 0.1) is 4.88 Å². The van der Waals surface area contributed by atoms with E-state index in [1.807, 2.05) is 6.07 Å². The Morgan fingerprint density at radius 1 is 1.24 bits per heavy atom. The molecule has 1 N–H and O–H groups in total. The van der Waals surface area contributed by atoms with Crippen molar-refractivity contribution < 1.29 is 4.79 Å². The summed E-state index contributed by atoms with van der Waals surface area (Å²) in [6.07, 6.45) is 9.72. The average Bonchev–Trinajstić information content (AvgIpc) is 2.95. The largest absolute Gasteiger partial charge is 0.367 e. The number of aryl methyl sites for hydroxylation is 2. The molecule has 1 aliphatic carbocycles. The second-order valence-electron chi connectivity index (χ2n) is 4.55. The minimum atomic E-state index is 0.157. The Morgan fingerprint density at radius 2 is 2.12 bits per heavy atom. The van der Waals surface area contributed by atoms with Crippen molar-refractivity contribution >= 4 is 17.1 Å². The maximum absolute atomic E-state index is 12.2. The van der Waals surface area contributed by atoms with E-state index in [0.29, 0.717) is 0 Å². The van der Waals surface area contributed by atoms with Gasteiger partial charge in [-0.2, -0.15) is 0 Å². The van der Waals surface area contributed by atoms with Gasteiger partial charge in [-0.15, -0.1) is 11.3 Å². The van der Waals surface area contributed by atoms with Crippen LogP contribution in [-0.2, 0) is 12.8 Å². The fourth-order valence-electron chi connectivity index (χ4n) is 2.39. The standard InChI is InChI=1S/C14H15NOS/c16-14(11-6-7-15-9-11)13-8-10-4-2-1-3-5-12(10)17-13/h6-9,15H,1-5H2. The number of carbonyl (C=O) groups is 1. The Labute approximate surface area is 105 Å². The summed E-state index contributed by atoms with van der Waals surface area (Å²) in [5, 5.41) is 0. The molecular weight excluding hydrogens is 230 g/mol. The van der Waals surface area contributed by atoms with E-state index in [2.05, 4.69) is 11.1 Å². The van der Waals surface area contributed by atoms with E-state index < -0.39 is 0 Å². The highest BCUT2D eigenvalue weighted by atomic mass is 32.1. The number of thiophene rings is 1. The van der Waals surface area contributed by atoms with Gasteiger partial charge in [0.1, 0.15) is 0 Å². The van der Waals surface area contributed by atoms with Crippen molar-refractivity contribution in [3.8, 4) is 0 Å². The van der Waals surface area contributed by atoms with Crippen LogP contribution in [0.15, 0.2) is 24.5 Å². The molecule has 3 heteroatoms. The summed E-state index contributed by atoms with van der Waals surface area (Å²) in [7, 11) is 0. The molecular formula is C14H15NOS. The molecule has 88 valence electrons. The summed E-state index contributed by atoms with van der Waals surface area (Å²) >= 11 is 1.69. The molecule has 0 bridgehead atoms. The smallest absolute Gasteiger partial charge is 0.204 e. The Kier molecular flexibility index (Phi) is 2.85. The Hall–Kier alpha value is -1.35. The van der Waals surface area contributed by atoms with Crippen molar-refractivity contribution in [2.45, 2.75) is 32.1 Å². The van der Waals surface area contributed by atoms with Crippen LogP contribution in [0.3, 0.4) is 0 Å². The molecule has 0 saturated heterocycles. The van der Waals surface area contributed by atoms with Gasteiger partial charge in [0.2, 0.25) is 5.78 Å². The quantitative estimate of drug-likeness (QED) is 0.636. The van der Waals surface area contributed by atoms with E-state index in [1.54, 1.807) is 23.7 Å². The summed E-state index contributed by atoms with van der Waals surface area (Å²) in [4.78, 5) is 17.5. The van der Waals surface area contributed by atoms with Crippen LogP contribution in [0, 0.1) is 0 Å². The first-order chi connectivity index (χ1) is 8.34. The van der Waals surface area contributed by atoms with Crippen LogP contribution in [0.4, 0.5) is 0 Å². The van der Waals surface area contributed by atoms with E-state index in [4.69, 9.17) is 0 Å². The van der Waals surface area contributed by atoms with E-state index in [-0.39, 0.29) is 5.78 Å². The number of aromatic nitrogens is 1. The SMILES string of the molecule is O=C(c1cc[nH]c1)c1cc2c(s1)CCCCC2. The molecule has 0 unspecified atom stereocenters. The minimum absolute atomic E-state index is 0.157. The number of hydrogen-bond acceptors (Lipinski definition) is 2. The van der Waals surface area contributed by atoms with Crippen LogP contribution in [0.1, 0.15) is 44.9 Å². The zero-order valence-corrected chi connectivity index (χ0v) is 10.5. The number of H-pyrrole nitrogens is 1. The fraction of sp³-hybridized carbons (Fsp3) is 0.357. The molecule has 2 aromatic rings. The highest BCUT2D eigenvalue weighted by Crippen LogP contribution is 2.30. The molecule has 2 heterocycles. The van der Waals surface area contributed by atoms with Gasteiger partial charge < -0.3 is 4.98 Å². The predicted molar refractivity (Wildman–Crippen MR) is 69.8 cm³/mol. The maximum atomic E-state index is 12.2. The number of fused-ring (bicyclic) bond motifs is 1. The molecule has 2 aromatic heterocycles. The second-order valence-corrected chi connectivity index (χ2v) is 5.69. The molecule has 17 heavy (non-hydrogen) atoms. The third kappa shape index (κ3) is 2.07. The van der Waals surface area contributed by atoms with Gasteiger partial charge >= 0.3 is 0 Å². The van der Waals surface area contributed by atoms with Crippen molar-refractivity contribution in [3.63, 3.8) is 0 Å². The first-order valence-electron chi connectivity index (χ1n) is 6.13. The van der Waals surface area contributed by atoms with Crippen LogP contribution in [0.2, 0.25) is 0 Å². The van der Waals surface area contributed by atoms with Crippen LogP contribution in [-0.4, -0.2) is 10.8 Å². The van der Waals surface area contributed by atoms with Gasteiger partial charge in [-0.05, 0) is 43.4 Å². The number of hydrogen-bond donors (Lipinski definition) is 1. The third-order valence-electron chi connectivity index (χ3n) is 3.33. The van der Waals surface area contributed by atoms with Gasteiger partial charge in [-0.25, -0.2) is 0 Å². The molecule has 0 fully saturated rings. The summed E-state index contributed by atoms with van der Waals surface area (Å²) in [6.45, 7) is 0. The normalized spacial score (nSPS) is 15.3. The molecule has 0 atom stereocenters. The summed E-state index contributed by atoms with van der Waals surface area (Å²) < 4.78 is 0. The first kappa shape index (κ1) is 10.8. The van der Waals surface area contributed by atoms with Gasteiger partial charge in [-0.3, -0.25) is 4.79 Å². The Morgan fingerprint density at radius 3 is 2.94 bits per heavy atom. The number of aromatic amines is 1. The number of rotatable bonds is 2. The van der Waals surface area contributed by atoms with Gasteiger partial charge in [0.25, 0.3) is 0 Å². The molecule has 1 aliphatic rings. The maximum Gasteiger partial charge on any atom is 0.204 e.